The second-order valence-corrected chi connectivity index (χ2v) is 9.00. The van der Waals surface area contributed by atoms with Crippen molar-refractivity contribution in [2.45, 2.75) is 18.0 Å². The summed E-state index contributed by atoms with van der Waals surface area (Å²) in [6.07, 6.45) is -0.776. The molecule has 1 aliphatic rings. The first-order valence-corrected chi connectivity index (χ1v) is 12.3. The second kappa shape index (κ2) is 11.0. The summed E-state index contributed by atoms with van der Waals surface area (Å²) in [4.78, 5) is 38.2. The van der Waals surface area contributed by atoms with Crippen LogP contribution in [0.3, 0.4) is 0 Å². The van der Waals surface area contributed by atoms with Gasteiger partial charge in [0, 0.05) is 5.92 Å². The molecule has 5 rings (SSSR count). The smallest absolute Gasteiger partial charge is 0.408 e. The van der Waals surface area contributed by atoms with Gasteiger partial charge in [-0.05, 0) is 33.4 Å². The van der Waals surface area contributed by atoms with Gasteiger partial charge in [0.2, 0.25) is 5.91 Å². The van der Waals surface area contributed by atoms with Gasteiger partial charge >= 0.3 is 12.1 Å². The number of hydrogen-bond donors (Lipinski definition) is 3. The lowest BCUT2D eigenvalue weighted by Gasteiger charge is -2.22. The van der Waals surface area contributed by atoms with E-state index in [1.54, 1.807) is 60.7 Å². The van der Waals surface area contributed by atoms with E-state index >= 15 is 0 Å². The molecule has 38 heavy (non-hydrogen) atoms. The van der Waals surface area contributed by atoms with E-state index in [4.69, 9.17) is 4.74 Å². The normalized spacial score (nSPS) is 13.5. The van der Waals surface area contributed by atoms with Gasteiger partial charge in [-0.15, -0.1) is 0 Å². The van der Waals surface area contributed by atoms with Gasteiger partial charge in [-0.2, -0.15) is 0 Å². The van der Waals surface area contributed by atoms with Gasteiger partial charge in [0.1, 0.15) is 12.6 Å². The van der Waals surface area contributed by atoms with Crippen LogP contribution in [0.15, 0.2) is 109 Å². The van der Waals surface area contributed by atoms with E-state index in [1.807, 2.05) is 36.4 Å². The highest BCUT2D eigenvalue weighted by molar-refractivity contribution is 5.90. The van der Waals surface area contributed by atoms with Crippen molar-refractivity contribution in [3.63, 3.8) is 0 Å². The molecule has 0 aromatic heterocycles. The maximum Gasteiger partial charge on any atom is 0.408 e. The number of aliphatic carboxylic acids is 1. The first-order valence-electron chi connectivity index (χ1n) is 12.3. The van der Waals surface area contributed by atoms with Crippen molar-refractivity contribution in [2.24, 2.45) is 0 Å². The Morgan fingerprint density at radius 1 is 0.658 bits per heavy atom. The van der Waals surface area contributed by atoms with Crippen LogP contribution in [-0.2, 0) is 14.3 Å². The lowest BCUT2D eigenvalue weighted by atomic mass is 9.98. The molecule has 7 nitrogen and oxygen atoms in total. The van der Waals surface area contributed by atoms with Gasteiger partial charge < -0.3 is 20.5 Å². The molecule has 0 bridgehead atoms. The van der Waals surface area contributed by atoms with Crippen molar-refractivity contribution in [3.8, 4) is 11.1 Å². The zero-order valence-corrected chi connectivity index (χ0v) is 20.4. The summed E-state index contributed by atoms with van der Waals surface area (Å²) in [7, 11) is 0. The van der Waals surface area contributed by atoms with Crippen LogP contribution < -0.4 is 10.6 Å². The molecule has 0 saturated heterocycles. The minimum Gasteiger partial charge on any atom is -0.479 e. The Bertz CT molecular complexity index is 1410. The molecule has 2 atom stereocenters. The van der Waals surface area contributed by atoms with Gasteiger partial charge in [0.05, 0.1) is 0 Å². The predicted molar refractivity (Wildman–Crippen MR) is 142 cm³/mol. The summed E-state index contributed by atoms with van der Waals surface area (Å²) in [5.74, 6) is -2.01. The number of carboxylic acid groups (broad SMARTS) is 1. The van der Waals surface area contributed by atoms with Gasteiger partial charge in [-0.3, -0.25) is 4.79 Å². The van der Waals surface area contributed by atoms with Crippen LogP contribution in [0, 0.1) is 0 Å². The van der Waals surface area contributed by atoms with Crippen molar-refractivity contribution in [1.29, 1.82) is 0 Å². The summed E-state index contributed by atoms with van der Waals surface area (Å²) < 4.78 is 5.63. The van der Waals surface area contributed by atoms with Crippen LogP contribution in [-0.4, -0.2) is 29.7 Å². The largest absolute Gasteiger partial charge is 0.479 e. The summed E-state index contributed by atoms with van der Waals surface area (Å²) in [5, 5.41) is 14.9. The second-order valence-electron chi connectivity index (χ2n) is 9.00. The molecular weight excluding hydrogens is 480 g/mol. The van der Waals surface area contributed by atoms with E-state index in [2.05, 4.69) is 22.8 Å². The summed E-state index contributed by atoms with van der Waals surface area (Å²) >= 11 is 0. The molecule has 190 valence electrons. The number of alkyl carbamates (subject to hydrolysis) is 1. The molecule has 2 amide bonds. The number of carbonyl (C=O) groups is 3. The number of carboxylic acids is 1. The standard InChI is InChI=1S/C31H26N2O5/c34-29(32-28(30(35)36)21-13-5-2-6-14-21)27(20-11-3-1-4-12-20)33-31(37)38-19-26-24-17-9-7-15-22(24)23-16-8-10-18-25(23)26/h1-18,26-28H,19H2,(H,32,34)(H,33,37)(H,35,36). The van der Waals surface area contributed by atoms with E-state index in [0.717, 1.165) is 22.3 Å². The maximum absolute atomic E-state index is 13.3. The van der Waals surface area contributed by atoms with Crippen molar-refractivity contribution in [2.75, 3.05) is 6.61 Å². The third kappa shape index (κ3) is 5.13. The molecule has 3 N–H and O–H groups in total. The monoisotopic (exact) mass is 506 g/mol. The number of amides is 2. The Labute approximate surface area is 220 Å². The van der Waals surface area contributed by atoms with Crippen molar-refractivity contribution in [1.82, 2.24) is 10.6 Å². The number of fused-ring (bicyclic) bond motifs is 3. The first-order chi connectivity index (χ1) is 18.5. The molecule has 4 aromatic carbocycles. The van der Waals surface area contributed by atoms with Crippen LogP contribution in [0.25, 0.3) is 11.1 Å². The molecule has 0 saturated carbocycles. The number of ether oxygens (including phenoxy) is 1. The highest BCUT2D eigenvalue weighted by atomic mass is 16.5. The summed E-state index contributed by atoms with van der Waals surface area (Å²) in [6.45, 7) is 0.0881. The Kier molecular flexibility index (Phi) is 7.17. The van der Waals surface area contributed by atoms with Crippen molar-refractivity contribution >= 4 is 18.0 Å². The van der Waals surface area contributed by atoms with Crippen LogP contribution in [0.1, 0.15) is 40.3 Å². The van der Waals surface area contributed by atoms with Gasteiger partial charge in [-0.25, -0.2) is 9.59 Å². The third-order valence-electron chi connectivity index (χ3n) is 6.67. The van der Waals surface area contributed by atoms with Crippen LogP contribution >= 0.6 is 0 Å². The molecular formula is C31H26N2O5. The average Bonchev–Trinajstić information content (AvgIpc) is 3.27. The van der Waals surface area contributed by atoms with Crippen LogP contribution in [0.5, 0.6) is 0 Å². The fraction of sp³-hybridized carbons (Fsp3) is 0.129. The molecule has 0 fully saturated rings. The van der Waals surface area contributed by atoms with Crippen LogP contribution in [0.2, 0.25) is 0 Å². The first kappa shape index (κ1) is 24.8. The highest BCUT2D eigenvalue weighted by Crippen LogP contribution is 2.44. The predicted octanol–water partition coefficient (Wildman–Crippen LogP) is 5.21. The van der Waals surface area contributed by atoms with Gasteiger partial charge in [0.25, 0.3) is 0 Å². The molecule has 7 heteroatoms. The Hall–Kier alpha value is -4.91. The van der Waals surface area contributed by atoms with E-state index in [0.29, 0.717) is 11.1 Å². The van der Waals surface area contributed by atoms with Gasteiger partial charge in [0.15, 0.2) is 6.04 Å². The molecule has 0 aliphatic heterocycles. The Balaban J connectivity index is 1.32. The zero-order valence-electron chi connectivity index (χ0n) is 20.4. The number of carbonyl (C=O) groups excluding carboxylic acids is 2. The molecule has 4 aromatic rings. The average molecular weight is 507 g/mol. The lowest BCUT2D eigenvalue weighted by Crippen LogP contribution is -2.43. The molecule has 0 heterocycles. The number of benzene rings is 4. The summed E-state index contributed by atoms with van der Waals surface area (Å²) in [5.41, 5.74) is 5.28. The SMILES string of the molecule is O=C(NC(C(=O)NC(C(=O)O)c1ccccc1)c1ccccc1)OCC1c2ccccc2-c2ccccc21. The van der Waals surface area contributed by atoms with E-state index in [9.17, 15) is 19.5 Å². The fourth-order valence-electron chi connectivity index (χ4n) is 4.86. The Morgan fingerprint density at radius 3 is 1.66 bits per heavy atom. The Morgan fingerprint density at radius 2 is 1.13 bits per heavy atom. The molecule has 2 unspecified atom stereocenters. The number of rotatable bonds is 8. The van der Waals surface area contributed by atoms with Crippen molar-refractivity contribution < 1.29 is 24.2 Å². The van der Waals surface area contributed by atoms with E-state index < -0.39 is 30.1 Å². The minimum absolute atomic E-state index is 0.0881. The lowest BCUT2D eigenvalue weighted by molar-refractivity contribution is -0.142. The highest BCUT2D eigenvalue weighted by Gasteiger charge is 2.31. The maximum atomic E-state index is 13.3. The van der Waals surface area contributed by atoms with Gasteiger partial charge in [-0.1, -0.05) is 109 Å². The molecule has 1 aliphatic carbocycles. The van der Waals surface area contributed by atoms with E-state index in [-0.39, 0.29) is 12.5 Å². The van der Waals surface area contributed by atoms with E-state index in [1.165, 1.54) is 0 Å². The van der Waals surface area contributed by atoms with Crippen molar-refractivity contribution in [3.05, 3.63) is 131 Å². The quantitative estimate of drug-likeness (QED) is 0.304. The third-order valence-corrected chi connectivity index (χ3v) is 6.67. The zero-order chi connectivity index (χ0) is 26.5. The molecule has 0 radical (unpaired) electrons. The number of nitrogens with one attached hydrogen (secondary N) is 2. The topological polar surface area (TPSA) is 105 Å². The number of hydrogen-bond acceptors (Lipinski definition) is 4. The minimum atomic E-state index is -1.28. The summed E-state index contributed by atoms with van der Waals surface area (Å²) in [6, 6.07) is 30.6. The fourth-order valence-corrected chi connectivity index (χ4v) is 4.86. The molecule has 0 spiro atoms. The van der Waals surface area contributed by atoms with Crippen LogP contribution in [0.4, 0.5) is 4.79 Å².